The fourth-order valence-electron chi connectivity index (χ4n) is 2.40. The maximum absolute atomic E-state index is 12.9. The van der Waals surface area contributed by atoms with E-state index in [-0.39, 0.29) is 24.5 Å². The molecule has 0 aliphatic carbocycles. The zero-order valence-electron chi connectivity index (χ0n) is 12.8. The predicted molar refractivity (Wildman–Crippen MR) is 86.0 cm³/mol. The van der Waals surface area contributed by atoms with Crippen molar-refractivity contribution in [3.63, 3.8) is 0 Å². The number of non-ortho nitro benzene ring substituents is 1. The number of benzene rings is 2. The van der Waals surface area contributed by atoms with E-state index >= 15 is 0 Å². The molecule has 128 valence electrons. The molecule has 0 bridgehead atoms. The van der Waals surface area contributed by atoms with E-state index in [0.29, 0.717) is 11.4 Å². The third kappa shape index (κ3) is 3.71. The number of nitro benzene ring substituents is 1. The Balaban J connectivity index is 1.76. The molecule has 1 amide bonds. The summed E-state index contributed by atoms with van der Waals surface area (Å²) in [6, 6.07) is 9.07. The third-order valence-electron chi connectivity index (χ3n) is 3.50. The molecule has 0 fully saturated rings. The molecule has 1 aliphatic rings. The number of esters is 1. The Kier molecular flexibility index (Phi) is 4.29. The monoisotopic (exact) mass is 345 g/mol. The lowest BCUT2D eigenvalue weighted by Gasteiger charge is -2.28. The van der Waals surface area contributed by atoms with Gasteiger partial charge in [0, 0.05) is 11.8 Å². The van der Waals surface area contributed by atoms with Crippen LogP contribution in [0.1, 0.15) is 0 Å². The second-order valence-corrected chi connectivity index (χ2v) is 5.29. The number of nitrogens with one attached hydrogen (secondary N) is 1. The standard InChI is InChI=1S/C16H12FN3O5/c17-10-1-3-11(4-2-10)18-15(21)8-19-9-16(22)25-14-7-12(20(23)24)5-6-13(14)19/h1-7H,8-9H2,(H,18,21). The van der Waals surface area contributed by atoms with E-state index < -0.39 is 22.6 Å². The van der Waals surface area contributed by atoms with E-state index in [1.807, 2.05) is 0 Å². The molecule has 1 aliphatic heterocycles. The van der Waals surface area contributed by atoms with Gasteiger partial charge >= 0.3 is 5.97 Å². The Morgan fingerprint density at radius 2 is 2.00 bits per heavy atom. The number of fused-ring (bicyclic) bond motifs is 1. The fourth-order valence-corrected chi connectivity index (χ4v) is 2.40. The summed E-state index contributed by atoms with van der Waals surface area (Å²) < 4.78 is 17.9. The molecule has 1 heterocycles. The molecule has 0 aromatic heterocycles. The van der Waals surface area contributed by atoms with E-state index in [1.54, 1.807) is 0 Å². The molecular formula is C16H12FN3O5. The molecule has 3 rings (SSSR count). The van der Waals surface area contributed by atoms with Gasteiger partial charge in [0.05, 0.1) is 23.2 Å². The summed E-state index contributed by atoms with van der Waals surface area (Å²) in [4.78, 5) is 35.5. The number of rotatable bonds is 4. The van der Waals surface area contributed by atoms with Crippen LogP contribution in [0.3, 0.4) is 0 Å². The van der Waals surface area contributed by atoms with E-state index in [2.05, 4.69) is 5.32 Å². The summed E-state index contributed by atoms with van der Waals surface area (Å²) in [5, 5.41) is 13.4. The van der Waals surface area contributed by atoms with Crippen LogP contribution in [0.4, 0.5) is 21.5 Å². The highest BCUT2D eigenvalue weighted by Crippen LogP contribution is 2.35. The van der Waals surface area contributed by atoms with Crippen molar-refractivity contribution in [1.82, 2.24) is 0 Å². The first-order valence-electron chi connectivity index (χ1n) is 7.22. The fraction of sp³-hybridized carbons (Fsp3) is 0.125. The molecule has 0 saturated carbocycles. The average molecular weight is 345 g/mol. The molecule has 0 saturated heterocycles. The number of anilines is 2. The number of ether oxygens (including phenoxy) is 1. The highest BCUT2D eigenvalue weighted by Gasteiger charge is 2.27. The minimum Gasteiger partial charge on any atom is -0.423 e. The van der Waals surface area contributed by atoms with E-state index in [9.17, 15) is 24.1 Å². The zero-order chi connectivity index (χ0) is 18.0. The number of carbonyl (C=O) groups is 2. The molecule has 8 nitrogen and oxygen atoms in total. The number of nitro groups is 1. The van der Waals surface area contributed by atoms with Crippen LogP contribution < -0.4 is 15.0 Å². The second kappa shape index (κ2) is 6.56. The van der Waals surface area contributed by atoms with Gasteiger partial charge in [-0.2, -0.15) is 0 Å². The van der Waals surface area contributed by atoms with E-state index in [4.69, 9.17) is 4.74 Å². The number of hydrogen-bond donors (Lipinski definition) is 1. The summed E-state index contributed by atoms with van der Waals surface area (Å²) in [5.41, 5.74) is 0.596. The van der Waals surface area contributed by atoms with Gasteiger partial charge < -0.3 is 15.0 Å². The lowest BCUT2D eigenvalue weighted by molar-refractivity contribution is -0.384. The first-order valence-corrected chi connectivity index (χ1v) is 7.22. The van der Waals surface area contributed by atoms with Crippen LogP contribution in [-0.2, 0) is 9.59 Å². The molecule has 2 aromatic rings. The van der Waals surface area contributed by atoms with Gasteiger partial charge in [0.25, 0.3) is 5.69 Å². The minimum absolute atomic E-state index is 0.0278. The molecule has 0 atom stereocenters. The highest BCUT2D eigenvalue weighted by molar-refractivity contribution is 5.96. The Morgan fingerprint density at radius 3 is 2.68 bits per heavy atom. The quantitative estimate of drug-likeness (QED) is 0.394. The van der Waals surface area contributed by atoms with Crippen molar-refractivity contribution in [3.05, 3.63) is 58.4 Å². The lowest BCUT2D eigenvalue weighted by Crippen LogP contribution is -2.41. The van der Waals surface area contributed by atoms with Gasteiger partial charge in [-0.1, -0.05) is 0 Å². The van der Waals surface area contributed by atoms with Crippen LogP contribution in [0.2, 0.25) is 0 Å². The summed E-state index contributed by atoms with van der Waals surface area (Å²) in [6.07, 6.45) is 0. The smallest absolute Gasteiger partial charge is 0.331 e. The third-order valence-corrected chi connectivity index (χ3v) is 3.50. The Labute approximate surface area is 141 Å². The number of nitrogens with zero attached hydrogens (tertiary/aromatic N) is 2. The largest absolute Gasteiger partial charge is 0.423 e. The van der Waals surface area contributed by atoms with Gasteiger partial charge in [-0.25, -0.2) is 9.18 Å². The van der Waals surface area contributed by atoms with Crippen LogP contribution in [-0.4, -0.2) is 29.9 Å². The molecule has 9 heteroatoms. The van der Waals surface area contributed by atoms with Crippen molar-refractivity contribution < 1.29 is 23.6 Å². The van der Waals surface area contributed by atoms with Crippen LogP contribution in [0, 0.1) is 15.9 Å². The molecular weight excluding hydrogens is 333 g/mol. The van der Waals surface area contributed by atoms with Crippen LogP contribution in [0.15, 0.2) is 42.5 Å². The van der Waals surface area contributed by atoms with Crippen molar-refractivity contribution in [2.24, 2.45) is 0 Å². The van der Waals surface area contributed by atoms with Crippen LogP contribution >= 0.6 is 0 Å². The van der Waals surface area contributed by atoms with Gasteiger partial charge in [-0.15, -0.1) is 0 Å². The molecule has 2 aromatic carbocycles. The number of amides is 1. The maximum Gasteiger partial charge on any atom is 0.331 e. The zero-order valence-corrected chi connectivity index (χ0v) is 12.8. The minimum atomic E-state index is -0.623. The SMILES string of the molecule is O=C(CN1CC(=O)Oc2cc([N+](=O)[O-])ccc21)Nc1ccc(F)cc1. The molecule has 0 radical (unpaired) electrons. The number of hydrogen-bond acceptors (Lipinski definition) is 6. The van der Waals surface area contributed by atoms with Crippen molar-refractivity contribution in [3.8, 4) is 5.75 Å². The number of carbonyl (C=O) groups excluding carboxylic acids is 2. The van der Waals surface area contributed by atoms with E-state index in [0.717, 1.165) is 6.07 Å². The summed E-state index contributed by atoms with van der Waals surface area (Å²) in [6.45, 7) is -0.334. The van der Waals surface area contributed by atoms with Crippen LogP contribution in [0.25, 0.3) is 0 Å². The van der Waals surface area contributed by atoms with Gasteiger partial charge in [0.15, 0.2) is 5.75 Å². The van der Waals surface area contributed by atoms with Gasteiger partial charge in [0.2, 0.25) is 5.91 Å². The first kappa shape index (κ1) is 16.4. The molecule has 0 unspecified atom stereocenters. The van der Waals surface area contributed by atoms with Crippen molar-refractivity contribution >= 4 is 28.9 Å². The van der Waals surface area contributed by atoms with Crippen molar-refractivity contribution in [2.45, 2.75) is 0 Å². The first-order chi connectivity index (χ1) is 11.9. The number of halogens is 1. The lowest BCUT2D eigenvalue weighted by atomic mass is 10.2. The summed E-state index contributed by atoms with van der Waals surface area (Å²) >= 11 is 0. The highest BCUT2D eigenvalue weighted by atomic mass is 19.1. The molecule has 0 spiro atoms. The normalized spacial score (nSPS) is 13.0. The summed E-state index contributed by atoms with van der Waals surface area (Å²) in [7, 11) is 0. The van der Waals surface area contributed by atoms with Gasteiger partial charge in [-0.05, 0) is 30.3 Å². The Morgan fingerprint density at radius 1 is 1.28 bits per heavy atom. The maximum atomic E-state index is 12.9. The van der Waals surface area contributed by atoms with Crippen molar-refractivity contribution in [1.29, 1.82) is 0 Å². The van der Waals surface area contributed by atoms with E-state index in [1.165, 1.54) is 41.3 Å². The second-order valence-electron chi connectivity index (χ2n) is 5.29. The Bertz CT molecular complexity index is 853. The molecule has 1 N–H and O–H groups in total. The van der Waals surface area contributed by atoms with Crippen molar-refractivity contribution in [2.75, 3.05) is 23.3 Å². The van der Waals surface area contributed by atoms with Gasteiger partial charge in [-0.3, -0.25) is 14.9 Å². The Hall–Kier alpha value is -3.49. The molecule has 25 heavy (non-hydrogen) atoms. The summed E-state index contributed by atoms with van der Waals surface area (Å²) in [5.74, 6) is -1.44. The average Bonchev–Trinajstić information content (AvgIpc) is 2.56. The predicted octanol–water partition coefficient (Wildman–Crippen LogP) is 2.10. The van der Waals surface area contributed by atoms with Crippen LogP contribution in [0.5, 0.6) is 5.75 Å². The topological polar surface area (TPSA) is 102 Å². The van der Waals surface area contributed by atoms with Gasteiger partial charge in [0.1, 0.15) is 12.4 Å².